The van der Waals surface area contributed by atoms with Crippen molar-refractivity contribution in [3.8, 4) is 0 Å². The van der Waals surface area contributed by atoms with Crippen LogP contribution < -0.4 is 20.4 Å². The Morgan fingerprint density at radius 1 is 0.872 bits per heavy atom. The number of anilines is 3. The molecule has 0 saturated carbocycles. The van der Waals surface area contributed by atoms with Crippen LogP contribution in [0.2, 0.25) is 0 Å². The topological polar surface area (TPSA) is 82.1 Å². The van der Waals surface area contributed by atoms with Crippen molar-refractivity contribution in [2.24, 2.45) is 0 Å². The summed E-state index contributed by atoms with van der Waals surface area (Å²) in [4.78, 5) is 23.0. The van der Waals surface area contributed by atoms with Gasteiger partial charge in [0.25, 0.3) is 0 Å². The molecule has 10 heteroatoms. The zero-order valence-corrected chi connectivity index (χ0v) is 23.2. The highest BCUT2D eigenvalue weighted by Crippen LogP contribution is 2.29. The van der Waals surface area contributed by atoms with Crippen LogP contribution in [0.15, 0.2) is 83.2 Å². The van der Waals surface area contributed by atoms with Gasteiger partial charge in [-0.05, 0) is 78.1 Å². The van der Waals surface area contributed by atoms with E-state index in [4.69, 9.17) is 22.2 Å². The average Bonchev–Trinajstić information content (AvgIpc) is 3.52. The van der Waals surface area contributed by atoms with E-state index in [9.17, 15) is 0 Å². The molecule has 2 aliphatic rings. The summed E-state index contributed by atoms with van der Waals surface area (Å²) in [6, 6.07) is 21.1. The maximum Gasteiger partial charge on any atom is 0.232 e. The molecule has 0 atom stereocenters. The Hall–Kier alpha value is -3.76. The van der Waals surface area contributed by atoms with Crippen LogP contribution in [-0.2, 0) is 19.5 Å². The lowest BCUT2D eigenvalue weighted by Gasteiger charge is -2.30. The number of thiocarbonyl (C=S) groups is 1. The minimum absolute atomic E-state index is 0.451. The monoisotopic (exact) mass is 554 g/mol. The molecule has 2 aliphatic heterocycles. The highest BCUT2D eigenvalue weighted by atomic mass is 32.2. The van der Waals surface area contributed by atoms with Gasteiger partial charge in [-0.2, -0.15) is 4.98 Å². The number of aromatic nitrogens is 4. The highest BCUT2D eigenvalue weighted by Gasteiger charge is 2.19. The van der Waals surface area contributed by atoms with E-state index in [0.29, 0.717) is 22.8 Å². The number of benzene rings is 2. The molecule has 0 bridgehead atoms. The van der Waals surface area contributed by atoms with E-state index in [1.165, 1.54) is 47.0 Å². The first-order valence-corrected chi connectivity index (χ1v) is 14.5. The second kappa shape index (κ2) is 12.0. The molecule has 8 nitrogen and oxygen atoms in total. The fraction of sp³-hybridized carbons (Fsp3) is 0.276. The van der Waals surface area contributed by atoms with E-state index in [1.807, 2.05) is 6.07 Å². The van der Waals surface area contributed by atoms with Crippen LogP contribution >= 0.6 is 24.0 Å². The average molecular weight is 555 g/mol. The molecule has 4 heterocycles. The van der Waals surface area contributed by atoms with Gasteiger partial charge in [0.15, 0.2) is 10.3 Å². The largest absolute Gasteiger partial charge is 0.372 e. The predicted molar refractivity (Wildman–Crippen MR) is 160 cm³/mol. The van der Waals surface area contributed by atoms with Gasteiger partial charge in [-0.3, -0.25) is 0 Å². The third kappa shape index (κ3) is 6.46. The maximum absolute atomic E-state index is 5.62. The number of hydrogen-bond acceptors (Lipinski definition) is 8. The molecule has 1 fully saturated rings. The van der Waals surface area contributed by atoms with E-state index < -0.39 is 0 Å². The summed E-state index contributed by atoms with van der Waals surface area (Å²) in [7, 11) is 0. The quantitative estimate of drug-likeness (QED) is 0.184. The van der Waals surface area contributed by atoms with Crippen molar-refractivity contribution in [3.05, 3.63) is 89.7 Å². The predicted octanol–water partition coefficient (Wildman–Crippen LogP) is 5.07. The summed E-state index contributed by atoms with van der Waals surface area (Å²) in [5, 5.41) is 8.37. The second-order valence-corrected chi connectivity index (χ2v) is 11.0. The van der Waals surface area contributed by atoms with E-state index in [0.717, 1.165) is 43.4 Å². The lowest BCUT2D eigenvalue weighted by atomic mass is 10.00. The van der Waals surface area contributed by atoms with Gasteiger partial charge in [0.2, 0.25) is 5.95 Å². The van der Waals surface area contributed by atoms with Gasteiger partial charge in [0.1, 0.15) is 10.8 Å². The van der Waals surface area contributed by atoms with Crippen molar-refractivity contribution < 1.29 is 0 Å². The molecule has 6 rings (SSSR count). The normalized spacial score (nSPS) is 14.7. The molecule has 0 amide bonds. The molecule has 0 aliphatic carbocycles. The molecular weight excluding hydrogens is 525 g/mol. The molecule has 2 N–H and O–H groups in total. The van der Waals surface area contributed by atoms with Crippen molar-refractivity contribution in [1.82, 2.24) is 25.3 Å². The van der Waals surface area contributed by atoms with Gasteiger partial charge in [0, 0.05) is 56.9 Å². The standard InChI is InChI=1S/C29H30N8S2/c38-28(32-19-21-8-10-24(11-9-21)36-15-3-4-16-36)35-27-33-25(18-26(34-27)39-29-30-13-5-14-31-29)37-17-12-22-6-1-2-7-23(22)20-37/h1-2,5-11,13-14,18H,3-4,12,15-17,19-20H2,(H2,32,33,34,35,38). The molecule has 0 spiro atoms. The van der Waals surface area contributed by atoms with Crippen LogP contribution in [-0.4, -0.2) is 44.7 Å². The van der Waals surface area contributed by atoms with Crippen LogP contribution in [0.3, 0.4) is 0 Å². The minimum atomic E-state index is 0.451. The molecular formula is C29H30N8S2. The van der Waals surface area contributed by atoms with Crippen LogP contribution in [0, 0.1) is 0 Å². The molecule has 39 heavy (non-hydrogen) atoms. The lowest BCUT2D eigenvalue weighted by molar-refractivity contribution is 0.717. The van der Waals surface area contributed by atoms with Crippen molar-refractivity contribution in [1.29, 1.82) is 0 Å². The molecule has 1 saturated heterocycles. The SMILES string of the molecule is S=C(NCc1ccc(N2CCCC2)cc1)Nc1nc(Sc2ncccn2)cc(N2CCc3ccccc3C2)n1. The van der Waals surface area contributed by atoms with E-state index >= 15 is 0 Å². The zero-order valence-electron chi connectivity index (χ0n) is 21.6. The third-order valence-corrected chi connectivity index (χ3v) is 8.03. The maximum atomic E-state index is 5.62. The van der Waals surface area contributed by atoms with Gasteiger partial charge < -0.3 is 20.4 Å². The van der Waals surface area contributed by atoms with Crippen LogP contribution in [0.1, 0.15) is 29.5 Å². The third-order valence-electron chi connectivity index (χ3n) is 6.97. The fourth-order valence-electron chi connectivity index (χ4n) is 4.93. The molecule has 198 valence electrons. The summed E-state index contributed by atoms with van der Waals surface area (Å²) < 4.78 is 0. The number of hydrogen-bond donors (Lipinski definition) is 2. The van der Waals surface area contributed by atoms with Gasteiger partial charge in [-0.1, -0.05) is 36.4 Å². The van der Waals surface area contributed by atoms with Crippen molar-refractivity contribution >= 4 is 46.5 Å². The Labute approximate surface area is 238 Å². The Morgan fingerprint density at radius 2 is 1.64 bits per heavy atom. The van der Waals surface area contributed by atoms with Crippen LogP contribution in [0.5, 0.6) is 0 Å². The molecule has 4 aromatic rings. The van der Waals surface area contributed by atoms with Crippen molar-refractivity contribution in [2.45, 2.75) is 42.5 Å². The second-order valence-electron chi connectivity index (χ2n) is 9.63. The van der Waals surface area contributed by atoms with E-state index in [-0.39, 0.29) is 0 Å². The Balaban J connectivity index is 1.15. The highest BCUT2D eigenvalue weighted by molar-refractivity contribution is 7.99. The smallest absolute Gasteiger partial charge is 0.232 e. The van der Waals surface area contributed by atoms with Crippen LogP contribution in [0.25, 0.3) is 0 Å². The van der Waals surface area contributed by atoms with Gasteiger partial charge in [-0.25, -0.2) is 15.0 Å². The summed E-state index contributed by atoms with van der Waals surface area (Å²) in [5.74, 6) is 1.30. The number of fused-ring (bicyclic) bond motifs is 1. The Morgan fingerprint density at radius 3 is 2.44 bits per heavy atom. The summed E-state index contributed by atoms with van der Waals surface area (Å²) in [5.41, 5.74) is 5.17. The Kier molecular flexibility index (Phi) is 7.83. The molecule has 2 aromatic carbocycles. The van der Waals surface area contributed by atoms with E-state index in [1.54, 1.807) is 18.5 Å². The summed E-state index contributed by atoms with van der Waals surface area (Å²) in [6.45, 7) is 4.59. The van der Waals surface area contributed by atoms with Crippen LogP contribution in [0.4, 0.5) is 17.5 Å². The van der Waals surface area contributed by atoms with Gasteiger partial charge in [-0.15, -0.1) is 0 Å². The molecule has 0 unspecified atom stereocenters. The molecule has 2 aromatic heterocycles. The van der Waals surface area contributed by atoms with Gasteiger partial charge >= 0.3 is 0 Å². The number of nitrogens with one attached hydrogen (secondary N) is 2. The minimum Gasteiger partial charge on any atom is -0.372 e. The zero-order chi connectivity index (χ0) is 26.4. The van der Waals surface area contributed by atoms with Crippen molar-refractivity contribution in [3.63, 3.8) is 0 Å². The summed E-state index contributed by atoms with van der Waals surface area (Å²) in [6.07, 6.45) is 6.99. The fourth-order valence-corrected chi connectivity index (χ4v) is 5.81. The van der Waals surface area contributed by atoms with Gasteiger partial charge in [0.05, 0.1) is 0 Å². The molecule has 0 radical (unpaired) electrons. The van der Waals surface area contributed by atoms with E-state index in [2.05, 4.69) is 78.9 Å². The first kappa shape index (κ1) is 25.5. The van der Waals surface area contributed by atoms with Crippen molar-refractivity contribution in [2.75, 3.05) is 34.8 Å². The first-order valence-electron chi connectivity index (χ1n) is 13.2. The first-order chi connectivity index (χ1) is 19.2. The number of nitrogens with zero attached hydrogens (tertiary/aromatic N) is 6. The Bertz CT molecular complexity index is 1430. The summed E-state index contributed by atoms with van der Waals surface area (Å²) >= 11 is 7.02. The lowest BCUT2D eigenvalue weighted by Crippen LogP contribution is -2.32. The number of rotatable bonds is 7.